The highest BCUT2D eigenvalue weighted by Gasteiger charge is 2.29. The molecule has 3 aromatic rings. The number of amides is 1. The molecule has 4 rings (SSSR count). The largest absolute Gasteiger partial charge is 0.390 e. The van der Waals surface area contributed by atoms with Crippen LogP contribution in [0.5, 0.6) is 0 Å². The lowest BCUT2D eigenvalue weighted by atomic mass is 9.97. The van der Waals surface area contributed by atoms with Crippen LogP contribution < -0.4 is 5.73 Å². The Kier molecular flexibility index (Phi) is 4.70. The molecule has 1 saturated heterocycles. The van der Waals surface area contributed by atoms with Crippen LogP contribution in [0.2, 0.25) is 5.02 Å². The van der Waals surface area contributed by atoms with Gasteiger partial charge in [0, 0.05) is 28.6 Å². The molecule has 0 atom stereocenters. The molecule has 0 bridgehead atoms. The Bertz CT molecular complexity index is 929. The van der Waals surface area contributed by atoms with Crippen molar-refractivity contribution in [3.63, 3.8) is 0 Å². The zero-order valence-corrected chi connectivity index (χ0v) is 15.8. The molecule has 1 aromatic heterocycles. The van der Waals surface area contributed by atoms with Gasteiger partial charge in [0.05, 0.1) is 10.6 Å². The maximum absolute atomic E-state index is 13.2. The van der Waals surface area contributed by atoms with E-state index in [0.29, 0.717) is 15.6 Å². The number of nitrogens with two attached hydrogens (primary N) is 1. The fourth-order valence-electron chi connectivity index (χ4n) is 3.42. The van der Waals surface area contributed by atoms with E-state index < -0.39 is 0 Å². The smallest absolute Gasteiger partial charge is 0.257 e. The lowest BCUT2D eigenvalue weighted by molar-refractivity contribution is 0.0795. The first-order chi connectivity index (χ1) is 12.6. The molecule has 3 nitrogen and oxygen atoms in total. The minimum Gasteiger partial charge on any atom is -0.390 e. The van der Waals surface area contributed by atoms with Gasteiger partial charge in [0.25, 0.3) is 5.91 Å². The van der Waals surface area contributed by atoms with E-state index in [2.05, 4.69) is 12.1 Å². The third kappa shape index (κ3) is 3.11. The maximum Gasteiger partial charge on any atom is 0.257 e. The molecule has 0 saturated carbocycles. The number of nitrogen functional groups attached to an aromatic ring is 1. The number of benzene rings is 2. The highest BCUT2D eigenvalue weighted by atomic mass is 35.5. The van der Waals surface area contributed by atoms with Gasteiger partial charge in [-0.3, -0.25) is 4.79 Å². The van der Waals surface area contributed by atoms with Crippen molar-refractivity contribution >= 4 is 33.8 Å². The van der Waals surface area contributed by atoms with E-state index in [1.807, 2.05) is 47.4 Å². The van der Waals surface area contributed by atoms with Crippen molar-refractivity contribution in [2.75, 3.05) is 18.8 Å². The van der Waals surface area contributed by atoms with E-state index in [-0.39, 0.29) is 5.91 Å². The Hall–Kier alpha value is -2.30. The summed E-state index contributed by atoms with van der Waals surface area (Å²) in [6.45, 7) is 1.60. The summed E-state index contributed by atoms with van der Waals surface area (Å²) in [7, 11) is 0. The summed E-state index contributed by atoms with van der Waals surface area (Å²) in [5, 5.41) is 1.25. The molecule has 132 valence electrons. The van der Waals surface area contributed by atoms with Gasteiger partial charge in [-0.05, 0) is 36.1 Å². The first kappa shape index (κ1) is 17.1. The number of thiophene rings is 1. The van der Waals surface area contributed by atoms with Crippen LogP contribution in [0.1, 0.15) is 23.2 Å². The molecular weight excluding hydrogens is 364 g/mol. The highest BCUT2D eigenvalue weighted by molar-refractivity contribution is 7.20. The molecule has 0 aliphatic carbocycles. The van der Waals surface area contributed by atoms with Gasteiger partial charge in [-0.2, -0.15) is 0 Å². The van der Waals surface area contributed by atoms with Gasteiger partial charge >= 0.3 is 0 Å². The molecule has 1 amide bonds. The lowest BCUT2D eigenvalue weighted by Gasteiger charge is -2.17. The molecule has 0 unspecified atom stereocenters. The third-order valence-electron chi connectivity index (χ3n) is 4.71. The zero-order chi connectivity index (χ0) is 18.1. The van der Waals surface area contributed by atoms with Gasteiger partial charge < -0.3 is 10.6 Å². The first-order valence-corrected chi connectivity index (χ1v) is 9.87. The molecule has 26 heavy (non-hydrogen) atoms. The molecule has 1 fully saturated rings. The number of likely N-dealkylation sites (tertiary alicyclic amines) is 1. The van der Waals surface area contributed by atoms with E-state index in [4.69, 9.17) is 17.3 Å². The summed E-state index contributed by atoms with van der Waals surface area (Å²) < 4.78 is 0. The summed E-state index contributed by atoms with van der Waals surface area (Å²) in [6, 6.07) is 17.7. The Morgan fingerprint density at radius 3 is 2.27 bits per heavy atom. The minimum atomic E-state index is 0.0309. The van der Waals surface area contributed by atoms with Crippen LogP contribution in [0, 0.1) is 0 Å². The van der Waals surface area contributed by atoms with E-state index in [1.165, 1.54) is 11.3 Å². The first-order valence-electron chi connectivity index (χ1n) is 8.68. The Morgan fingerprint density at radius 1 is 0.962 bits per heavy atom. The van der Waals surface area contributed by atoms with Crippen molar-refractivity contribution < 1.29 is 4.79 Å². The predicted octanol–water partition coefficient (Wildman–Crippen LogP) is 5.55. The van der Waals surface area contributed by atoms with Crippen LogP contribution in [0.3, 0.4) is 0 Å². The van der Waals surface area contributed by atoms with Gasteiger partial charge in [0.1, 0.15) is 0 Å². The normalized spacial score (nSPS) is 14.0. The molecule has 2 aromatic carbocycles. The summed E-state index contributed by atoms with van der Waals surface area (Å²) >= 11 is 7.55. The van der Waals surface area contributed by atoms with Crippen LogP contribution in [0.4, 0.5) is 5.00 Å². The summed E-state index contributed by atoms with van der Waals surface area (Å²) in [4.78, 5) is 16.1. The number of nitrogens with zero attached hydrogens (tertiary/aromatic N) is 1. The molecule has 0 radical (unpaired) electrons. The average molecular weight is 383 g/mol. The molecule has 1 aliphatic heterocycles. The molecule has 2 heterocycles. The van der Waals surface area contributed by atoms with Gasteiger partial charge in [-0.1, -0.05) is 54.1 Å². The number of anilines is 1. The second kappa shape index (κ2) is 7.14. The van der Waals surface area contributed by atoms with Crippen LogP contribution in [0.15, 0.2) is 54.6 Å². The summed E-state index contributed by atoms with van der Waals surface area (Å²) in [6.07, 6.45) is 2.11. The number of hydrogen-bond donors (Lipinski definition) is 1. The summed E-state index contributed by atoms with van der Waals surface area (Å²) in [5.41, 5.74) is 9.92. The third-order valence-corrected chi connectivity index (χ3v) is 6.03. The second-order valence-electron chi connectivity index (χ2n) is 6.42. The summed E-state index contributed by atoms with van der Waals surface area (Å²) in [5.74, 6) is 0.0309. The van der Waals surface area contributed by atoms with Crippen molar-refractivity contribution in [1.82, 2.24) is 4.90 Å². The van der Waals surface area contributed by atoms with Crippen molar-refractivity contribution in [2.24, 2.45) is 0 Å². The SMILES string of the molecule is Nc1sc(-c2ccccc2)c(-c2ccc(Cl)cc2)c1C(=O)N1CCCC1. The van der Waals surface area contributed by atoms with Gasteiger partial charge in [0.2, 0.25) is 0 Å². The van der Waals surface area contributed by atoms with Gasteiger partial charge in [-0.25, -0.2) is 0 Å². The van der Waals surface area contributed by atoms with E-state index in [1.54, 1.807) is 0 Å². The van der Waals surface area contributed by atoms with Crippen LogP contribution in [0.25, 0.3) is 21.6 Å². The van der Waals surface area contributed by atoms with Crippen LogP contribution >= 0.6 is 22.9 Å². The lowest BCUT2D eigenvalue weighted by Crippen LogP contribution is -2.28. The average Bonchev–Trinajstić information content (AvgIpc) is 3.31. The molecular formula is C21H19ClN2OS. The monoisotopic (exact) mass is 382 g/mol. The fourth-order valence-corrected chi connectivity index (χ4v) is 4.64. The van der Waals surface area contributed by atoms with Crippen molar-refractivity contribution in [1.29, 1.82) is 0 Å². The van der Waals surface area contributed by atoms with Gasteiger partial charge in [-0.15, -0.1) is 11.3 Å². The minimum absolute atomic E-state index is 0.0309. The molecule has 1 aliphatic rings. The molecule has 2 N–H and O–H groups in total. The van der Waals surface area contributed by atoms with Crippen LogP contribution in [-0.4, -0.2) is 23.9 Å². The number of carbonyl (C=O) groups excluding carboxylic acids is 1. The number of rotatable bonds is 3. The quantitative estimate of drug-likeness (QED) is 0.645. The standard InChI is InChI=1S/C21H19ClN2OS/c22-16-10-8-14(9-11-16)17-18(21(25)24-12-4-5-13-24)20(23)26-19(17)15-6-2-1-3-7-15/h1-3,6-11H,4-5,12-13,23H2. The van der Waals surface area contributed by atoms with E-state index in [0.717, 1.165) is 47.5 Å². The van der Waals surface area contributed by atoms with Gasteiger partial charge in [0.15, 0.2) is 0 Å². The van der Waals surface area contributed by atoms with Crippen molar-refractivity contribution in [2.45, 2.75) is 12.8 Å². The Morgan fingerprint density at radius 2 is 1.62 bits per heavy atom. The van der Waals surface area contributed by atoms with E-state index in [9.17, 15) is 4.79 Å². The molecule has 5 heteroatoms. The second-order valence-corrected chi connectivity index (χ2v) is 7.91. The Labute approximate surface area is 162 Å². The molecule has 0 spiro atoms. The highest BCUT2D eigenvalue weighted by Crippen LogP contribution is 2.45. The van der Waals surface area contributed by atoms with E-state index >= 15 is 0 Å². The number of carbonyl (C=O) groups is 1. The van der Waals surface area contributed by atoms with Crippen molar-refractivity contribution in [3.8, 4) is 21.6 Å². The predicted molar refractivity (Wildman–Crippen MR) is 110 cm³/mol. The number of hydrogen-bond acceptors (Lipinski definition) is 3. The Balaban J connectivity index is 1.91. The zero-order valence-electron chi connectivity index (χ0n) is 14.2. The topological polar surface area (TPSA) is 46.3 Å². The van der Waals surface area contributed by atoms with Crippen LogP contribution in [-0.2, 0) is 0 Å². The van der Waals surface area contributed by atoms with Crippen molar-refractivity contribution in [3.05, 3.63) is 65.2 Å². The maximum atomic E-state index is 13.2. The number of halogens is 1. The fraction of sp³-hybridized carbons (Fsp3) is 0.190.